The number of aliphatic carboxylic acids is 1. The SMILES string of the molecule is CC(CC(=O)O)Sc1ccc(F)cc1. The third-order valence-corrected chi connectivity index (χ3v) is 2.73. The Morgan fingerprint density at radius 1 is 1.50 bits per heavy atom. The fourth-order valence-electron chi connectivity index (χ4n) is 1.03. The van der Waals surface area contributed by atoms with Gasteiger partial charge in [-0.15, -0.1) is 11.8 Å². The summed E-state index contributed by atoms with van der Waals surface area (Å²) in [4.78, 5) is 11.3. The van der Waals surface area contributed by atoms with Crippen molar-refractivity contribution in [1.82, 2.24) is 0 Å². The van der Waals surface area contributed by atoms with Crippen LogP contribution in [0.4, 0.5) is 4.39 Å². The Labute approximate surface area is 86.1 Å². The normalized spacial score (nSPS) is 12.4. The van der Waals surface area contributed by atoms with Gasteiger partial charge in [-0.1, -0.05) is 6.92 Å². The molecule has 1 aromatic rings. The van der Waals surface area contributed by atoms with Crippen molar-refractivity contribution >= 4 is 17.7 Å². The summed E-state index contributed by atoms with van der Waals surface area (Å²) in [6, 6.07) is 6.04. The number of carboxylic acids is 1. The van der Waals surface area contributed by atoms with Gasteiger partial charge in [0.05, 0.1) is 6.42 Å². The molecule has 1 atom stereocenters. The van der Waals surface area contributed by atoms with Crippen molar-refractivity contribution in [1.29, 1.82) is 0 Å². The zero-order valence-electron chi connectivity index (χ0n) is 7.74. The van der Waals surface area contributed by atoms with E-state index in [1.165, 1.54) is 23.9 Å². The lowest BCUT2D eigenvalue weighted by Gasteiger charge is -2.07. The molecule has 14 heavy (non-hydrogen) atoms. The summed E-state index contributed by atoms with van der Waals surface area (Å²) in [5.41, 5.74) is 0. The number of carboxylic acid groups (broad SMARTS) is 1. The van der Waals surface area contributed by atoms with E-state index in [9.17, 15) is 9.18 Å². The summed E-state index contributed by atoms with van der Waals surface area (Å²) < 4.78 is 12.5. The van der Waals surface area contributed by atoms with Gasteiger partial charge in [0.2, 0.25) is 0 Å². The molecule has 1 unspecified atom stereocenters. The number of hydrogen-bond acceptors (Lipinski definition) is 2. The first-order valence-corrected chi connectivity index (χ1v) is 5.10. The number of carbonyl (C=O) groups is 1. The van der Waals surface area contributed by atoms with Gasteiger partial charge in [-0.3, -0.25) is 4.79 Å². The summed E-state index contributed by atoms with van der Waals surface area (Å²) in [6.45, 7) is 1.84. The zero-order chi connectivity index (χ0) is 10.6. The van der Waals surface area contributed by atoms with Crippen LogP contribution in [0, 0.1) is 5.82 Å². The van der Waals surface area contributed by atoms with Crippen molar-refractivity contribution in [3.8, 4) is 0 Å². The average molecular weight is 214 g/mol. The molecule has 0 aliphatic heterocycles. The van der Waals surface area contributed by atoms with Crippen LogP contribution in [0.25, 0.3) is 0 Å². The number of hydrogen-bond donors (Lipinski definition) is 1. The molecule has 0 fully saturated rings. The molecule has 0 saturated heterocycles. The van der Waals surface area contributed by atoms with E-state index in [1.54, 1.807) is 12.1 Å². The van der Waals surface area contributed by atoms with E-state index in [2.05, 4.69) is 0 Å². The van der Waals surface area contributed by atoms with Crippen LogP contribution in [0.3, 0.4) is 0 Å². The van der Waals surface area contributed by atoms with Gasteiger partial charge in [0.1, 0.15) is 5.82 Å². The Hall–Kier alpha value is -1.03. The summed E-state index contributed by atoms with van der Waals surface area (Å²) in [7, 11) is 0. The fourth-order valence-corrected chi connectivity index (χ4v) is 2.02. The monoisotopic (exact) mass is 214 g/mol. The molecule has 0 bridgehead atoms. The van der Waals surface area contributed by atoms with E-state index < -0.39 is 5.97 Å². The van der Waals surface area contributed by atoms with E-state index >= 15 is 0 Å². The Bertz CT molecular complexity index is 310. The molecular weight excluding hydrogens is 203 g/mol. The third-order valence-electron chi connectivity index (χ3n) is 1.61. The molecule has 0 aromatic heterocycles. The highest BCUT2D eigenvalue weighted by Crippen LogP contribution is 2.24. The van der Waals surface area contributed by atoms with Crippen LogP contribution in [0.2, 0.25) is 0 Å². The van der Waals surface area contributed by atoms with Gasteiger partial charge in [-0.25, -0.2) is 4.39 Å². The second-order valence-corrected chi connectivity index (χ2v) is 4.49. The molecule has 0 saturated carbocycles. The van der Waals surface area contributed by atoms with Crippen molar-refractivity contribution in [3.05, 3.63) is 30.1 Å². The molecule has 0 aliphatic carbocycles. The highest BCUT2D eigenvalue weighted by atomic mass is 32.2. The minimum Gasteiger partial charge on any atom is -0.481 e. The smallest absolute Gasteiger partial charge is 0.304 e. The highest BCUT2D eigenvalue weighted by Gasteiger charge is 2.08. The molecular formula is C10H11FO2S. The lowest BCUT2D eigenvalue weighted by atomic mass is 10.3. The molecule has 1 aromatic carbocycles. The maximum atomic E-state index is 12.5. The van der Waals surface area contributed by atoms with Crippen LogP contribution in [0.15, 0.2) is 29.2 Å². The van der Waals surface area contributed by atoms with E-state index in [0.717, 1.165) is 4.90 Å². The van der Waals surface area contributed by atoms with Gasteiger partial charge in [0.25, 0.3) is 0 Å². The van der Waals surface area contributed by atoms with Gasteiger partial charge >= 0.3 is 5.97 Å². The number of thioether (sulfide) groups is 1. The van der Waals surface area contributed by atoms with Crippen molar-refractivity contribution in [3.63, 3.8) is 0 Å². The summed E-state index contributed by atoms with van der Waals surface area (Å²) >= 11 is 1.43. The lowest BCUT2D eigenvalue weighted by molar-refractivity contribution is -0.136. The Kier molecular flexibility index (Phi) is 3.95. The van der Waals surface area contributed by atoms with Crippen LogP contribution in [-0.4, -0.2) is 16.3 Å². The predicted octanol–water partition coefficient (Wildman–Crippen LogP) is 2.78. The number of halogens is 1. The molecule has 0 spiro atoms. The van der Waals surface area contributed by atoms with Crippen LogP contribution < -0.4 is 0 Å². The van der Waals surface area contributed by atoms with Gasteiger partial charge in [-0.2, -0.15) is 0 Å². The standard InChI is InChI=1S/C10H11FO2S/c1-7(6-10(12)13)14-9-4-2-8(11)3-5-9/h2-5,7H,6H2,1H3,(H,12,13). The second kappa shape index (κ2) is 5.00. The molecule has 4 heteroatoms. The molecule has 1 N–H and O–H groups in total. The number of rotatable bonds is 4. The van der Waals surface area contributed by atoms with Crippen molar-refractivity contribution in [2.75, 3.05) is 0 Å². The van der Waals surface area contributed by atoms with E-state index in [0.29, 0.717) is 0 Å². The van der Waals surface area contributed by atoms with E-state index in [-0.39, 0.29) is 17.5 Å². The minimum atomic E-state index is -0.813. The van der Waals surface area contributed by atoms with Crippen LogP contribution in [-0.2, 0) is 4.79 Å². The van der Waals surface area contributed by atoms with E-state index in [1.807, 2.05) is 6.92 Å². The summed E-state index contributed by atoms with van der Waals surface area (Å²) in [6.07, 6.45) is 0.113. The fraction of sp³-hybridized carbons (Fsp3) is 0.300. The van der Waals surface area contributed by atoms with Gasteiger partial charge in [-0.05, 0) is 24.3 Å². The van der Waals surface area contributed by atoms with Gasteiger partial charge in [0.15, 0.2) is 0 Å². The van der Waals surface area contributed by atoms with Gasteiger partial charge < -0.3 is 5.11 Å². The molecule has 76 valence electrons. The Morgan fingerprint density at radius 2 is 2.07 bits per heavy atom. The molecule has 0 amide bonds. The van der Waals surface area contributed by atoms with Gasteiger partial charge in [0, 0.05) is 10.1 Å². The Morgan fingerprint density at radius 3 is 2.57 bits per heavy atom. The van der Waals surface area contributed by atoms with Crippen molar-refractivity contribution < 1.29 is 14.3 Å². The predicted molar refractivity (Wildman–Crippen MR) is 54.0 cm³/mol. The maximum absolute atomic E-state index is 12.5. The van der Waals surface area contributed by atoms with Crippen molar-refractivity contribution in [2.24, 2.45) is 0 Å². The second-order valence-electron chi connectivity index (χ2n) is 2.98. The lowest BCUT2D eigenvalue weighted by Crippen LogP contribution is -2.05. The average Bonchev–Trinajstić information content (AvgIpc) is 2.07. The van der Waals surface area contributed by atoms with Crippen molar-refractivity contribution in [2.45, 2.75) is 23.5 Å². The molecule has 0 aliphatic rings. The molecule has 1 rings (SSSR count). The van der Waals surface area contributed by atoms with Crippen LogP contribution >= 0.6 is 11.8 Å². The minimum absolute atomic E-state index is 0.00189. The van der Waals surface area contributed by atoms with Crippen LogP contribution in [0.1, 0.15) is 13.3 Å². The first-order chi connectivity index (χ1) is 6.58. The number of benzene rings is 1. The zero-order valence-corrected chi connectivity index (χ0v) is 8.55. The quantitative estimate of drug-likeness (QED) is 0.783. The first kappa shape index (κ1) is 11.0. The Balaban J connectivity index is 2.51. The summed E-state index contributed by atoms with van der Waals surface area (Å²) in [5, 5.41) is 8.53. The highest BCUT2D eigenvalue weighted by molar-refractivity contribution is 8.00. The van der Waals surface area contributed by atoms with Crippen LogP contribution in [0.5, 0.6) is 0 Å². The third kappa shape index (κ3) is 3.79. The largest absolute Gasteiger partial charge is 0.481 e. The topological polar surface area (TPSA) is 37.3 Å². The molecule has 2 nitrogen and oxygen atoms in total. The maximum Gasteiger partial charge on any atom is 0.304 e. The molecule has 0 radical (unpaired) electrons. The first-order valence-electron chi connectivity index (χ1n) is 4.22. The summed E-state index contributed by atoms with van der Waals surface area (Å²) in [5.74, 6) is -1.09. The van der Waals surface area contributed by atoms with E-state index in [4.69, 9.17) is 5.11 Å². The molecule has 0 heterocycles.